The van der Waals surface area contributed by atoms with Gasteiger partial charge in [0, 0.05) is 12.3 Å². The molecule has 0 heterocycles. The summed E-state index contributed by atoms with van der Waals surface area (Å²) >= 11 is 0. The summed E-state index contributed by atoms with van der Waals surface area (Å²) in [6, 6.07) is 10.2. The van der Waals surface area contributed by atoms with Crippen LogP contribution in [0.2, 0.25) is 0 Å². The van der Waals surface area contributed by atoms with E-state index < -0.39 is 37.5 Å². The van der Waals surface area contributed by atoms with E-state index in [-0.39, 0.29) is 16.4 Å². The molecule has 0 spiro atoms. The molecule has 1 N–H and O–H groups in total. The Hall–Kier alpha value is -2.43. The van der Waals surface area contributed by atoms with Crippen molar-refractivity contribution in [3.8, 4) is 5.75 Å². The van der Waals surface area contributed by atoms with E-state index >= 15 is 0 Å². The molecule has 0 radical (unpaired) electrons. The molecule has 1 atom stereocenters. The van der Waals surface area contributed by atoms with Crippen LogP contribution in [0.5, 0.6) is 5.75 Å². The van der Waals surface area contributed by atoms with E-state index in [2.05, 4.69) is 4.72 Å². The third-order valence-electron chi connectivity index (χ3n) is 5.32. The maximum absolute atomic E-state index is 13.1. The van der Waals surface area contributed by atoms with Crippen LogP contribution in [-0.2, 0) is 35.8 Å². The summed E-state index contributed by atoms with van der Waals surface area (Å²) in [4.78, 5) is 11.9. The normalized spacial score (nSPS) is 16.9. The van der Waals surface area contributed by atoms with Gasteiger partial charge in [-0.3, -0.25) is 0 Å². The quantitative estimate of drug-likeness (QED) is 0.448. The Bertz CT molecular complexity index is 1260. The van der Waals surface area contributed by atoms with Gasteiger partial charge in [-0.25, -0.2) is 26.4 Å². The predicted molar refractivity (Wildman–Crippen MR) is 128 cm³/mol. The van der Waals surface area contributed by atoms with Crippen LogP contribution in [-0.4, -0.2) is 41.3 Å². The zero-order valence-corrected chi connectivity index (χ0v) is 21.5. The standard InChI is InChI=1S/C24H31NO7S2/c1-24(2,3)32-23(26)16-31-22-14-8-12-19-20(22)11-5-6-13-21(19)25-34(29,30)18-10-7-9-17(15-18)33(4,27)28/h7-10,12,14-15,21,25H,5-6,11,13,16H2,1-4H3. The molecular formula is C24H31NO7S2. The topological polar surface area (TPSA) is 116 Å². The second-order valence-corrected chi connectivity index (χ2v) is 13.1. The Kier molecular flexibility index (Phi) is 7.74. The molecule has 186 valence electrons. The van der Waals surface area contributed by atoms with Gasteiger partial charge in [0.1, 0.15) is 11.4 Å². The molecule has 1 unspecified atom stereocenters. The lowest BCUT2D eigenvalue weighted by Crippen LogP contribution is -2.29. The third kappa shape index (κ3) is 6.80. The molecule has 0 bridgehead atoms. The number of hydrogen-bond acceptors (Lipinski definition) is 7. The van der Waals surface area contributed by atoms with Crippen molar-refractivity contribution in [2.24, 2.45) is 0 Å². The Balaban J connectivity index is 1.86. The van der Waals surface area contributed by atoms with E-state index in [1.165, 1.54) is 18.2 Å². The number of sulfone groups is 1. The molecule has 34 heavy (non-hydrogen) atoms. The smallest absolute Gasteiger partial charge is 0.344 e. The number of esters is 1. The highest BCUT2D eigenvalue weighted by Crippen LogP contribution is 2.35. The fraction of sp³-hybridized carbons (Fsp3) is 0.458. The lowest BCUT2D eigenvalue weighted by atomic mass is 9.99. The zero-order chi connectivity index (χ0) is 25.1. The minimum Gasteiger partial charge on any atom is -0.482 e. The van der Waals surface area contributed by atoms with Crippen molar-refractivity contribution in [3.05, 3.63) is 53.6 Å². The number of fused-ring (bicyclic) bond motifs is 1. The average Bonchev–Trinajstić information content (AvgIpc) is 2.93. The summed E-state index contributed by atoms with van der Waals surface area (Å²) in [6.07, 6.45) is 3.92. The first kappa shape index (κ1) is 26.2. The Morgan fingerprint density at radius 1 is 1.03 bits per heavy atom. The van der Waals surface area contributed by atoms with E-state index in [0.717, 1.165) is 36.3 Å². The van der Waals surface area contributed by atoms with Gasteiger partial charge in [0.15, 0.2) is 16.4 Å². The van der Waals surface area contributed by atoms with Crippen molar-refractivity contribution in [1.29, 1.82) is 0 Å². The van der Waals surface area contributed by atoms with Gasteiger partial charge in [0.25, 0.3) is 0 Å². The molecule has 0 saturated carbocycles. The van der Waals surface area contributed by atoms with Crippen molar-refractivity contribution in [2.75, 3.05) is 12.9 Å². The third-order valence-corrected chi connectivity index (χ3v) is 7.90. The molecular weight excluding hydrogens is 478 g/mol. The van der Waals surface area contributed by atoms with Gasteiger partial charge in [-0.2, -0.15) is 0 Å². The summed E-state index contributed by atoms with van der Waals surface area (Å²) in [5, 5.41) is 0. The maximum atomic E-state index is 13.1. The number of rotatable bonds is 7. The fourth-order valence-corrected chi connectivity index (χ4v) is 5.91. The average molecular weight is 510 g/mol. The molecule has 2 aromatic rings. The number of carbonyl (C=O) groups is 1. The highest BCUT2D eigenvalue weighted by Gasteiger charge is 2.27. The van der Waals surface area contributed by atoms with E-state index in [1.54, 1.807) is 32.9 Å². The van der Waals surface area contributed by atoms with E-state index in [1.807, 2.05) is 6.07 Å². The van der Waals surface area contributed by atoms with E-state index in [9.17, 15) is 21.6 Å². The van der Waals surface area contributed by atoms with Gasteiger partial charge in [-0.15, -0.1) is 0 Å². The van der Waals surface area contributed by atoms with Crippen LogP contribution in [0.25, 0.3) is 0 Å². The summed E-state index contributed by atoms with van der Waals surface area (Å²) in [6.45, 7) is 5.09. The molecule has 3 rings (SSSR count). The Morgan fingerprint density at radius 3 is 2.38 bits per heavy atom. The summed E-state index contributed by atoms with van der Waals surface area (Å²) in [5.41, 5.74) is 1.01. The largest absolute Gasteiger partial charge is 0.482 e. The number of carbonyl (C=O) groups excluding carboxylic acids is 1. The molecule has 0 fully saturated rings. The SMILES string of the molecule is CC(C)(C)OC(=O)COc1cccc2c1CCCCC2NS(=O)(=O)c1cccc(S(C)(=O)=O)c1. The second kappa shape index (κ2) is 10.1. The molecule has 1 aliphatic carbocycles. The number of ether oxygens (including phenoxy) is 2. The van der Waals surface area contributed by atoms with Crippen LogP contribution in [0.15, 0.2) is 52.3 Å². The van der Waals surface area contributed by atoms with Crippen molar-refractivity contribution in [3.63, 3.8) is 0 Å². The predicted octanol–water partition coefficient (Wildman–Crippen LogP) is 3.56. The zero-order valence-electron chi connectivity index (χ0n) is 19.8. The molecule has 1 aliphatic rings. The van der Waals surface area contributed by atoms with Crippen molar-refractivity contribution >= 4 is 25.8 Å². The van der Waals surface area contributed by atoms with Gasteiger partial charge in [-0.1, -0.05) is 24.6 Å². The Morgan fingerprint density at radius 2 is 1.71 bits per heavy atom. The van der Waals surface area contributed by atoms with Gasteiger partial charge < -0.3 is 9.47 Å². The molecule has 0 amide bonds. The van der Waals surface area contributed by atoms with E-state index in [4.69, 9.17) is 9.47 Å². The van der Waals surface area contributed by atoms with Crippen molar-refractivity contribution in [1.82, 2.24) is 4.72 Å². The lowest BCUT2D eigenvalue weighted by Gasteiger charge is -2.22. The van der Waals surface area contributed by atoms with Gasteiger partial charge in [-0.05, 0) is 75.4 Å². The van der Waals surface area contributed by atoms with Crippen molar-refractivity contribution < 1.29 is 31.1 Å². The van der Waals surface area contributed by atoms with Gasteiger partial charge in [0.05, 0.1) is 9.79 Å². The molecule has 0 aromatic heterocycles. The van der Waals surface area contributed by atoms with Crippen LogP contribution in [0, 0.1) is 0 Å². The fourth-order valence-electron chi connectivity index (χ4n) is 3.87. The van der Waals surface area contributed by atoms with Crippen LogP contribution >= 0.6 is 0 Å². The Labute approximate surface area is 201 Å². The first-order valence-electron chi connectivity index (χ1n) is 11.1. The van der Waals surface area contributed by atoms with E-state index in [0.29, 0.717) is 18.6 Å². The molecule has 2 aromatic carbocycles. The van der Waals surface area contributed by atoms with Crippen LogP contribution in [0.1, 0.15) is 57.2 Å². The van der Waals surface area contributed by atoms with Crippen LogP contribution < -0.4 is 9.46 Å². The monoisotopic (exact) mass is 509 g/mol. The van der Waals surface area contributed by atoms with Crippen LogP contribution in [0.4, 0.5) is 0 Å². The highest BCUT2D eigenvalue weighted by molar-refractivity contribution is 7.91. The second-order valence-electron chi connectivity index (χ2n) is 9.37. The number of hydrogen-bond donors (Lipinski definition) is 1. The number of sulfonamides is 1. The minimum atomic E-state index is -3.99. The number of nitrogens with one attached hydrogen (secondary N) is 1. The highest BCUT2D eigenvalue weighted by atomic mass is 32.2. The summed E-state index contributed by atoms with van der Waals surface area (Å²) in [5.74, 6) is 0.0373. The van der Waals surface area contributed by atoms with Gasteiger partial charge >= 0.3 is 5.97 Å². The lowest BCUT2D eigenvalue weighted by molar-refractivity contribution is -0.157. The first-order valence-corrected chi connectivity index (χ1v) is 14.4. The first-order chi connectivity index (χ1) is 15.8. The van der Waals surface area contributed by atoms with Gasteiger partial charge in [0.2, 0.25) is 10.0 Å². The van der Waals surface area contributed by atoms with Crippen LogP contribution in [0.3, 0.4) is 0 Å². The summed E-state index contributed by atoms with van der Waals surface area (Å²) < 4.78 is 63.8. The summed E-state index contributed by atoms with van der Waals surface area (Å²) in [7, 11) is -7.54. The number of benzene rings is 2. The minimum absolute atomic E-state index is 0.0607. The molecule has 0 aliphatic heterocycles. The maximum Gasteiger partial charge on any atom is 0.344 e. The molecule has 0 saturated heterocycles. The molecule has 8 nitrogen and oxygen atoms in total. The van der Waals surface area contributed by atoms with Crippen molar-refractivity contribution in [2.45, 2.75) is 67.9 Å². The molecule has 10 heteroatoms.